The fourth-order valence-electron chi connectivity index (χ4n) is 3.22. The molecule has 0 radical (unpaired) electrons. The zero-order valence-electron chi connectivity index (χ0n) is 13.8. The Morgan fingerprint density at radius 2 is 2.33 bits per heavy atom. The van der Waals surface area contributed by atoms with E-state index in [0.29, 0.717) is 5.92 Å². The first-order valence-electron chi connectivity index (χ1n) is 8.45. The highest BCUT2D eigenvalue weighted by Crippen LogP contribution is 2.21. The van der Waals surface area contributed by atoms with Crippen molar-refractivity contribution in [2.45, 2.75) is 31.7 Å². The van der Waals surface area contributed by atoms with Gasteiger partial charge in [0.2, 0.25) is 0 Å². The summed E-state index contributed by atoms with van der Waals surface area (Å²) in [7, 11) is 1.67. The van der Waals surface area contributed by atoms with E-state index in [-0.39, 0.29) is 0 Å². The summed E-state index contributed by atoms with van der Waals surface area (Å²) in [5, 5.41) is 12.0. The summed E-state index contributed by atoms with van der Waals surface area (Å²) in [4.78, 5) is 7.97. The minimum absolute atomic E-state index is 0.492. The van der Waals surface area contributed by atoms with E-state index in [1.54, 1.807) is 7.11 Å². The van der Waals surface area contributed by atoms with Crippen LogP contribution in [0.25, 0.3) is 11.0 Å². The number of hydrogen-bond donors (Lipinski definition) is 2. The summed E-state index contributed by atoms with van der Waals surface area (Å²) in [5.41, 5.74) is 3.05. The summed E-state index contributed by atoms with van der Waals surface area (Å²) in [5.74, 6) is 2.28. The van der Waals surface area contributed by atoms with E-state index < -0.39 is 0 Å². The summed E-state index contributed by atoms with van der Waals surface area (Å²) in [6.45, 7) is 2.88. The average molecular weight is 326 g/mol. The van der Waals surface area contributed by atoms with Crippen molar-refractivity contribution in [2.24, 2.45) is 0 Å². The van der Waals surface area contributed by atoms with Gasteiger partial charge in [0.25, 0.3) is 0 Å². The zero-order valence-corrected chi connectivity index (χ0v) is 13.8. The fourth-order valence-corrected chi connectivity index (χ4v) is 3.22. The van der Waals surface area contributed by atoms with Crippen LogP contribution in [-0.2, 0) is 13.0 Å². The number of piperidine rings is 1. The monoisotopic (exact) mass is 326 g/mol. The molecule has 3 aromatic rings. The molecule has 2 N–H and O–H groups in total. The van der Waals surface area contributed by atoms with E-state index in [1.165, 1.54) is 12.8 Å². The van der Waals surface area contributed by atoms with E-state index in [9.17, 15) is 0 Å². The van der Waals surface area contributed by atoms with Gasteiger partial charge in [-0.3, -0.25) is 4.68 Å². The molecule has 0 bridgehead atoms. The number of rotatable bonds is 5. The molecule has 0 unspecified atom stereocenters. The summed E-state index contributed by atoms with van der Waals surface area (Å²) < 4.78 is 7.16. The van der Waals surface area contributed by atoms with Gasteiger partial charge in [0.15, 0.2) is 0 Å². The van der Waals surface area contributed by atoms with Gasteiger partial charge in [-0.05, 0) is 31.5 Å². The first-order valence-corrected chi connectivity index (χ1v) is 8.45. The lowest BCUT2D eigenvalue weighted by Gasteiger charge is -2.20. The average Bonchev–Trinajstić information content (AvgIpc) is 3.26. The highest BCUT2D eigenvalue weighted by atomic mass is 16.5. The van der Waals surface area contributed by atoms with Crippen LogP contribution in [0.4, 0.5) is 0 Å². The van der Waals surface area contributed by atoms with Gasteiger partial charge in [-0.1, -0.05) is 5.21 Å². The fraction of sp³-hybridized carbons (Fsp3) is 0.471. The highest BCUT2D eigenvalue weighted by Gasteiger charge is 2.18. The number of ether oxygens (including phenoxy) is 1. The molecule has 0 amide bonds. The van der Waals surface area contributed by atoms with Crippen molar-refractivity contribution in [3.8, 4) is 5.75 Å². The molecular formula is C17H22N6O. The molecule has 24 heavy (non-hydrogen) atoms. The van der Waals surface area contributed by atoms with Crippen LogP contribution in [0, 0.1) is 0 Å². The number of fused-ring (bicyclic) bond motifs is 1. The molecule has 0 aliphatic carbocycles. The number of aromatic nitrogens is 5. The summed E-state index contributed by atoms with van der Waals surface area (Å²) >= 11 is 0. The molecule has 7 nitrogen and oxygen atoms in total. The molecule has 126 valence electrons. The van der Waals surface area contributed by atoms with E-state index >= 15 is 0 Å². The second-order valence-corrected chi connectivity index (χ2v) is 6.27. The topological polar surface area (TPSA) is 80.7 Å². The van der Waals surface area contributed by atoms with Gasteiger partial charge in [0, 0.05) is 37.7 Å². The largest absolute Gasteiger partial charge is 0.497 e. The van der Waals surface area contributed by atoms with Gasteiger partial charge in [-0.2, -0.15) is 0 Å². The molecule has 4 rings (SSSR count). The van der Waals surface area contributed by atoms with Crippen LogP contribution in [0.1, 0.15) is 30.3 Å². The Kier molecular flexibility index (Phi) is 4.17. The number of nitrogens with zero attached hydrogens (tertiary/aromatic N) is 4. The van der Waals surface area contributed by atoms with Gasteiger partial charge < -0.3 is 15.0 Å². The lowest BCUT2D eigenvalue weighted by atomic mass is 9.97. The molecule has 1 aliphatic rings. The van der Waals surface area contributed by atoms with Gasteiger partial charge in [-0.25, -0.2) is 4.98 Å². The Hall–Kier alpha value is -2.41. The van der Waals surface area contributed by atoms with Crippen LogP contribution in [0.5, 0.6) is 5.75 Å². The molecule has 1 saturated heterocycles. The molecule has 1 atom stereocenters. The third-order valence-corrected chi connectivity index (χ3v) is 4.59. The van der Waals surface area contributed by atoms with Crippen molar-refractivity contribution in [3.05, 3.63) is 35.9 Å². The molecule has 7 heteroatoms. The molecule has 0 spiro atoms. The van der Waals surface area contributed by atoms with Crippen molar-refractivity contribution in [1.82, 2.24) is 30.3 Å². The van der Waals surface area contributed by atoms with Gasteiger partial charge in [-0.15, -0.1) is 5.10 Å². The number of imidazole rings is 1. The van der Waals surface area contributed by atoms with Crippen molar-refractivity contribution < 1.29 is 4.74 Å². The van der Waals surface area contributed by atoms with E-state index in [4.69, 9.17) is 4.74 Å². The minimum atomic E-state index is 0.492. The quantitative estimate of drug-likeness (QED) is 0.748. The first kappa shape index (κ1) is 15.1. The first-order chi connectivity index (χ1) is 11.8. The third-order valence-electron chi connectivity index (χ3n) is 4.59. The maximum atomic E-state index is 5.25. The van der Waals surface area contributed by atoms with E-state index in [1.807, 2.05) is 22.9 Å². The van der Waals surface area contributed by atoms with Crippen molar-refractivity contribution in [3.63, 3.8) is 0 Å². The Balaban J connectivity index is 1.42. The number of benzene rings is 1. The molecule has 2 aromatic heterocycles. The minimum Gasteiger partial charge on any atom is -0.497 e. The predicted octanol–water partition coefficient (Wildman–Crippen LogP) is 1.87. The summed E-state index contributed by atoms with van der Waals surface area (Å²) in [6, 6.07) is 5.86. The molecule has 3 heterocycles. The van der Waals surface area contributed by atoms with Crippen molar-refractivity contribution in [1.29, 1.82) is 0 Å². The number of nitrogens with one attached hydrogen (secondary N) is 2. The molecule has 0 saturated carbocycles. The lowest BCUT2D eigenvalue weighted by molar-refractivity contribution is 0.415. The third kappa shape index (κ3) is 3.12. The highest BCUT2D eigenvalue weighted by molar-refractivity contribution is 5.76. The molecule has 1 aliphatic heterocycles. The number of aryl methyl sites for hydroxylation is 2. The number of H-pyrrole nitrogens is 1. The Bertz CT molecular complexity index is 817. The second kappa shape index (κ2) is 6.60. The van der Waals surface area contributed by atoms with E-state index in [2.05, 4.69) is 31.8 Å². The van der Waals surface area contributed by atoms with Crippen LogP contribution in [0.3, 0.4) is 0 Å². The Morgan fingerprint density at radius 1 is 1.38 bits per heavy atom. The molecule has 1 aromatic carbocycles. The maximum Gasteiger partial charge on any atom is 0.121 e. The standard InChI is InChI=1S/C17H22N6O/c1-24-13-4-5-14-15(9-13)20-17(19-14)6-8-23-11-16(21-22-23)12-3-2-7-18-10-12/h4-5,9,11-12,18H,2-3,6-8,10H2,1H3,(H,19,20)/t12-/m0/s1. The SMILES string of the molecule is COc1ccc2nc(CCn3cc([C@H]4CCCNC4)nn3)[nH]c2c1. The predicted molar refractivity (Wildman–Crippen MR) is 91.2 cm³/mol. The van der Waals surface area contributed by atoms with Gasteiger partial charge in [0.1, 0.15) is 11.6 Å². The zero-order chi connectivity index (χ0) is 16.4. The smallest absolute Gasteiger partial charge is 0.121 e. The second-order valence-electron chi connectivity index (χ2n) is 6.27. The number of hydrogen-bond acceptors (Lipinski definition) is 5. The van der Waals surface area contributed by atoms with E-state index in [0.717, 1.165) is 54.4 Å². The maximum absolute atomic E-state index is 5.25. The normalized spacial score (nSPS) is 18.1. The van der Waals surface area contributed by atoms with Gasteiger partial charge in [0.05, 0.1) is 23.8 Å². The van der Waals surface area contributed by atoms with Crippen LogP contribution in [-0.4, -0.2) is 45.2 Å². The van der Waals surface area contributed by atoms with Crippen LogP contribution >= 0.6 is 0 Å². The van der Waals surface area contributed by atoms with Crippen LogP contribution in [0.15, 0.2) is 24.4 Å². The van der Waals surface area contributed by atoms with Crippen LogP contribution in [0.2, 0.25) is 0 Å². The van der Waals surface area contributed by atoms with Gasteiger partial charge >= 0.3 is 0 Å². The number of methoxy groups -OCH3 is 1. The Morgan fingerprint density at radius 3 is 3.17 bits per heavy atom. The summed E-state index contributed by atoms with van der Waals surface area (Å²) in [6.07, 6.45) is 5.27. The molecule has 1 fully saturated rings. The Labute approximate surface area is 140 Å². The number of aromatic amines is 1. The molecular weight excluding hydrogens is 304 g/mol. The van der Waals surface area contributed by atoms with Crippen molar-refractivity contribution in [2.75, 3.05) is 20.2 Å². The van der Waals surface area contributed by atoms with Crippen molar-refractivity contribution >= 4 is 11.0 Å². The lowest BCUT2D eigenvalue weighted by Crippen LogP contribution is -2.28. The van der Waals surface area contributed by atoms with Crippen LogP contribution < -0.4 is 10.1 Å².